The molecule has 1 aliphatic rings. The van der Waals surface area contributed by atoms with Gasteiger partial charge in [-0.2, -0.15) is 5.10 Å². The van der Waals surface area contributed by atoms with Crippen molar-refractivity contribution in [1.82, 2.24) is 14.8 Å². The number of carbonyl (C=O) groups is 1. The minimum Gasteiger partial charge on any atom is -0.478 e. The first kappa shape index (κ1) is 22.4. The maximum Gasteiger partial charge on any atom is 0.338 e. The SMILES string of the molecule is O=C(O)c1ccc(-c2c(C3CCOCC3)n(-c3ccc(F)cc3)c3cc4cn[nH]c4cc23)c(F)c1F. The molecule has 2 aromatic heterocycles. The number of aromatic carboxylic acids is 1. The smallest absolute Gasteiger partial charge is 0.338 e. The first-order valence-corrected chi connectivity index (χ1v) is 11.5. The van der Waals surface area contributed by atoms with Gasteiger partial charge >= 0.3 is 5.97 Å². The third kappa shape index (κ3) is 3.46. The van der Waals surface area contributed by atoms with Crippen LogP contribution in [0, 0.1) is 17.5 Å². The normalized spacial score (nSPS) is 14.6. The van der Waals surface area contributed by atoms with E-state index < -0.39 is 29.0 Å². The maximum absolute atomic E-state index is 15.6. The van der Waals surface area contributed by atoms with Crippen molar-refractivity contribution in [2.75, 3.05) is 13.2 Å². The molecule has 6 nitrogen and oxygen atoms in total. The molecule has 182 valence electrons. The highest BCUT2D eigenvalue weighted by atomic mass is 19.2. The number of ether oxygens (including phenoxy) is 1. The highest BCUT2D eigenvalue weighted by molar-refractivity contribution is 6.06. The minimum atomic E-state index is -1.55. The first-order chi connectivity index (χ1) is 17.4. The van der Waals surface area contributed by atoms with Crippen LogP contribution in [-0.4, -0.2) is 39.1 Å². The number of carboxylic acid groups (broad SMARTS) is 1. The van der Waals surface area contributed by atoms with E-state index in [1.54, 1.807) is 18.3 Å². The van der Waals surface area contributed by atoms with E-state index in [0.717, 1.165) is 17.1 Å². The van der Waals surface area contributed by atoms with Crippen molar-refractivity contribution < 1.29 is 27.8 Å². The van der Waals surface area contributed by atoms with Gasteiger partial charge in [-0.05, 0) is 55.3 Å². The summed E-state index contributed by atoms with van der Waals surface area (Å²) >= 11 is 0. The lowest BCUT2D eigenvalue weighted by molar-refractivity contribution is 0.0690. The highest BCUT2D eigenvalue weighted by Crippen LogP contribution is 2.45. The molecular weight excluding hydrogens is 471 g/mol. The van der Waals surface area contributed by atoms with Gasteiger partial charge in [0.05, 0.1) is 22.8 Å². The summed E-state index contributed by atoms with van der Waals surface area (Å²) in [4.78, 5) is 11.4. The average Bonchev–Trinajstić information content (AvgIpc) is 3.47. The number of aromatic nitrogens is 3. The van der Waals surface area contributed by atoms with Crippen LogP contribution in [0.3, 0.4) is 0 Å². The van der Waals surface area contributed by atoms with Gasteiger partial charge in [-0.1, -0.05) is 6.07 Å². The van der Waals surface area contributed by atoms with E-state index in [4.69, 9.17) is 4.74 Å². The number of hydrogen-bond donors (Lipinski definition) is 2. The summed E-state index contributed by atoms with van der Waals surface area (Å²) in [6, 6.07) is 12.1. The predicted octanol–water partition coefficient (Wildman–Crippen LogP) is 6.18. The van der Waals surface area contributed by atoms with Crippen LogP contribution in [0.25, 0.3) is 38.6 Å². The van der Waals surface area contributed by atoms with Crippen LogP contribution in [0.4, 0.5) is 13.2 Å². The molecule has 1 fully saturated rings. The Morgan fingerprint density at radius 3 is 2.50 bits per heavy atom. The third-order valence-corrected chi connectivity index (χ3v) is 6.84. The Hall–Kier alpha value is -4.11. The van der Waals surface area contributed by atoms with Crippen LogP contribution in [0.2, 0.25) is 0 Å². The zero-order valence-electron chi connectivity index (χ0n) is 18.9. The molecule has 3 heterocycles. The van der Waals surface area contributed by atoms with Crippen LogP contribution in [-0.2, 0) is 4.74 Å². The fourth-order valence-electron chi connectivity index (χ4n) is 5.16. The second-order valence-electron chi connectivity index (χ2n) is 8.88. The number of nitrogens with zero attached hydrogens (tertiary/aromatic N) is 2. The zero-order valence-corrected chi connectivity index (χ0v) is 18.9. The van der Waals surface area contributed by atoms with Crippen molar-refractivity contribution in [3.8, 4) is 16.8 Å². The number of carboxylic acids is 1. The molecule has 36 heavy (non-hydrogen) atoms. The van der Waals surface area contributed by atoms with Crippen molar-refractivity contribution in [3.63, 3.8) is 0 Å². The van der Waals surface area contributed by atoms with E-state index in [0.29, 0.717) is 53.7 Å². The Kier molecular flexibility index (Phi) is 5.30. The molecule has 1 aliphatic heterocycles. The number of halogens is 3. The zero-order chi connectivity index (χ0) is 25.0. The summed E-state index contributed by atoms with van der Waals surface area (Å²) in [5.41, 5.74) is 2.52. The van der Waals surface area contributed by atoms with E-state index in [1.165, 1.54) is 18.2 Å². The highest BCUT2D eigenvalue weighted by Gasteiger charge is 2.31. The number of hydrogen-bond acceptors (Lipinski definition) is 3. The number of aromatic amines is 1. The van der Waals surface area contributed by atoms with Crippen molar-refractivity contribution >= 4 is 27.8 Å². The van der Waals surface area contributed by atoms with Crippen molar-refractivity contribution in [2.45, 2.75) is 18.8 Å². The Morgan fingerprint density at radius 2 is 1.78 bits per heavy atom. The van der Waals surface area contributed by atoms with Gasteiger partial charge in [-0.25, -0.2) is 18.0 Å². The monoisotopic (exact) mass is 491 g/mol. The summed E-state index contributed by atoms with van der Waals surface area (Å²) in [6.07, 6.45) is 2.98. The third-order valence-electron chi connectivity index (χ3n) is 6.84. The molecule has 9 heteroatoms. The van der Waals surface area contributed by atoms with E-state index in [2.05, 4.69) is 10.2 Å². The molecule has 0 bridgehead atoms. The molecule has 2 N–H and O–H groups in total. The van der Waals surface area contributed by atoms with Gasteiger partial charge < -0.3 is 14.4 Å². The van der Waals surface area contributed by atoms with Gasteiger partial charge in [-0.15, -0.1) is 0 Å². The van der Waals surface area contributed by atoms with Crippen molar-refractivity contribution in [2.24, 2.45) is 0 Å². The fourth-order valence-corrected chi connectivity index (χ4v) is 5.16. The number of benzene rings is 3. The van der Waals surface area contributed by atoms with E-state index >= 15 is 4.39 Å². The molecule has 6 rings (SSSR count). The Bertz CT molecular complexity index is 1630. The molecule has 0 amide bonds. The van der Waals surface area contributed by atoms with Crippen molar-refractivity contribution in [1.29, 1.82) is 0 Å². The quantitative estimate of drug-likeness (QED) is 0.315. The fraction of sp³-hybridized carbons (Fsp3) is 0.185. The Labute approximate surface area is 202 Å². The number of fused-ring (bicyclic) bond motifs is 2. The van der Waals surface area contributed by atoms with Gasteiger partial charge in [-0.3, -0.25) is 5.10 Å². The number of rotatable bonds is 4. The molecule has 0 radical (unpaired) electrons. The lowest BCUT2D eigenvalue weighted by Crippen LogP contribution is -2.17. The van der Waals surface area contributed by atoms with Crippen LogP contribution in [0.15, 0.2) is 54.7 Å². The molecular formula is C27H20F3N3O3. The van der Waals surface area contributed by atoms with E-state index in [1.807, 2.05) is 16.7 Å². The minimum absolute atomic E-state index is 0.0382. The molecule has 0 aliphatic carbocycles. The van der Waals surface area contributed by atoms with Crippen molar-refractivity contribution in [3.05, 3.63) is 83.4 Å². The summed E-state index contributed by atoms with van der Waals surface area (Å²) in [5.74, 6) is -4.65. The molecule has 0 spiro atoms. The largest absolute Gasteiger partial charge is 0.478 e. The molecule has 3 aromatic carbocycles. The molecule has 1 saturated heterocycles. The van der Waals surface area contributed by atoms with Gasteiger partial charge in [0.25, 0.3) is 0 Å². The van der Waals surface area contributed by atoms with Crippen LogP contribution in [0.5, 0.6) is 0 Å². The van der Waals surface area contributed by atoms with Crippen LogP contribution in [0.1, 0.15) is 34.8 Å². The van der Waals surface area contributed by atoms with Gasteiger partial charge in [0.15, 0.2) is 11.6 Å². The molecule has 5 aromatic rings. The standard InChI is InChI=1S/C27H20F3N3O3/c28-16-1-3-17(4-2-16)33-22-11-15-13-31-32-21(15)12-20(22)23(26(33)14-7-9-36-10-8-14)18-5-6-19(27(34)35)25(30)24(18)29/h1-6,11-14H,7-10H2,(H,31,32)(H,34,35). The second kappa shape index (κ2) is 8.53. The summed E-state index contributed by atoms with van der Waals surface area (Å²) in [7, 11) is 0. The van der Waals surface area contributed by atoms with Gasteiger partial charge in [0, 0.05) is 52.4 Å². The van der Waals surface area contributed by atoms with Gasteiger partial charge in [0.2, 0.25) is 0 Å². The summed E-state index contributed by atoms with van der Waals surface area (Å²) < 4.78 is 51.8. The predicted molar refractivity (Wildman–Crippen MR) is 128 cm³/mol. The summed E-state index contributed by atoms with van der Waals surface area (Å²) in [6.45, 7) is 1.02. The number of H-pyrrole nitrogens is 1. The molecule has 0 atom stereocenters. The Balaban J connectivity index is 1.76. The molecule has 0 unspecified atom stereocenters. The topological polar surface area (TPSA) is 80.1 Å². The van der Waals surface area contributed by atoms with Crippen LogP contribution >= 0.6 is 0 Å². The van der Waals surface area contributed by atoms with E-state index in [-0.39, 0.29) is 11.5 Å². The maximum atomic E-state index is 15.6. The van der Waals surface area contributed by atoms with Gasteiger partial charge in [0.1, 0.15) is 5.82 Å². The first-order valence-electron chi connectivity index (χ1n) is 11.5. The van der Waals surface area contributed by atoms with Crippen LogP contribution < -0.4 is 0 Å². The molecule has 0 saturated carbocycles. The summed E-state index contributed by atoms with van der Waals surface area (Å²) in [5, 5.41) is 17.8. The number of nitrogens with one attached hydrogen (secondary N) is 1. The second-order valence-corrected chi connectivity index (χ2v) is 8.88. The lowest BCUT2D eigenvalue weighted by Gasteiger charge is -2.26. The van der Waals surface area contributed by atoms with E-state index in [9.17, 15) is 18.7 Å². The average molecular weight is 491 g/mol. The lowest BCUT2D eigenvalue weighted by atomic mass is 9.89. The Morgan fingerprint density at radius 1 is 1.03 bits per heavy atom.